The van der Waals surface area contributed by atoms with Crippen LogP contribution < -0.4 is 16.6 Å². The number of aromatic nitrogens is 2. The number of nitrogens with one attached hydrogen (secondary N) is 2. The molecular weight excluding hydrogens is 268 g/mol. The summed E-state index contributed by atoms with van der Waals surface area (Å²) in [5.74, 6) is 5.25. The van der Waals surface area contributed by atoms with Gasteiger partial charge in [0.2, 0.25) is 0 Å². The zero-order valence-corrected chi connectivity index (χ0v) is 11.4. The van der Waals surface area contributed by atoms with Gasteiger partial charge in [-0.3, -0.25) is 9.59 Å². The van der Waals surface area contributed by atoms with Gasteiger partial charge in [-0.1, -0.05) is 17.9 Å². The van der Waals surface area contributed by atoms with Crippen LogP contribution >= 0.6 is 0 Å². The zero-order chi connectivity index (χ0) is 15.2. The van der Waals surface area contributed by atoms with Crippen molar-refractivity contribution in [3.63, 3.8) is 0 Å². The van der Waals surface area contributed by atoms with Crippen molar-refractivity contribution in [2.24, 2.45) is 5.73 Å². The topological polar surface area (TPSA) is 101 Å². The third kappa shape index (κ3) is 3.78. The molecule has 21 heavy (non-hydrogen) atoms. The third-order valence-electron chi connectivity index (χ3n) is 2.73. The molecule has 0 aliphatic heterocycles. The van der Waals surface area contributed by atoms with Crippen molar-refractivity contribution in [2.45, 2.75) is 6.92 Å². The molecule has 0 saturated heterocycles. The number of carbonyl (C=O) groups is 1. The summed E-state index contributed by atoms with van der Waals surface area (Å²) in [6.07, 6.45) is 0. The predicted octanol–water partition coefficient (Wildman–Crippen LogP) is 0.641. The first-order valence-corrected chi connectivity index (χ1v) is 6.27. The maximum absolute atomic E-state index is 12.1. The molecule has 0 saturated carbocycles. The van der Waals surface area contributed by atoms with Crippen molar-refractivity contribution in [1.29, 1.82) is 0 Å². The van der Waals surface area contributed by atoms with E-state index in [1.165, 1.54) is 12.1 Å². The molecule has 1 aromatic heterocycles. The van der Waals surface area contributed by atoms with Crippen LogP contribution in [0.15, 0.2) is 35.1 Å². The Labute approximate surface area is 121 Å². The molecule has 0 unspecified atom stereocenters. The standard InChI is InChI=1S/C15H14N4O2/c1-10-4-5-11(3-2-8-16)9-13(10)17-15(21)12-6-7-14(20)19-18-12/h4-7,9H,8,16H2,1H3,(H,17,21)(H,19,20). The lowest BCUT2D eigenvalue weighted by molar-refractivity contribution is 0.102. The summed E-state index contributed by atoms with van der Waals surface area (Å²) >= 11 is 0. The largest absolute Gasteiger partial charge is 0.320 e. The fourth-order valence-corrected chi connectivity index (χ4v) is 1.64. The highest BCUT2D eigenvalue weighted by Crippen LogP contribution is 2.17. The molecule has 6 nitrogen and oxygen atoms in total. The van der Waals surface area contributed by atoms with Crippen LogP contribution in [-0.4, -0.2) is 22.6 Å². The Hall–Kier alpha value is -2.91. The van der Waals surface area contributed by atoms with Crippen molar-refractivity contribution in [1.82, 2.24) is 10.2 Å². The van der Waals surface area contributed by atoms with Gasteiger partial charge in [0.25, 0.3) is 11.5 Å². The quantitative estimate of drug-likeness (QED) is 0.704. The van der Waals surface area contributed by atoms with Gasteiger partial charge in [-0.2, -0.15) is 5.10 Å². The highest BCUT2D eigenvalue weighted by atomic mass is 16.2. The van der Waals surface area contributed by atoms with E-state index in [1.807, 2.05) is 19.1 Å². The minimum absolute atomic E-state index is 0.132. The molecule has 106 valence electrons. The molecule has 0 bridgehead atoms. The lowest BCUT2D eigenvalue weighted by Gasteiger charge is -2.08. The highest BCUT2D eigenvalue weighted by molar-refractivity contribution is 6.03. The lowest BCUT2D eigenvalue weighted by atomic mass is 10.1. The van der Waals surface area contributed by atoms with E-state index in [0.29, 0.717) is 5.69 Å². The molecule has 2 aromatic rings. The van der Waals surface area contributed by atoms with E-state index in [0.717, 1.165) is 11.1 Å². The summed E-state index contributed by atoms with van der Waals surface area (Å²) in [6.45, 7) is 2.15. The number of H-pyrrole nitrogens is 1. The number of amides is 1. The number of aromatic amines is 1. The molecule has 0 atom stereocenters. The molecule has 0 fully saturated rings. The normalized spacial score (nSPS) is 9.62. The molecule has 1 heterocycles. The van der Waals surface area contributed by atoms with Gasteiger partial charge in [0.15, 0.2) is 0 Å². The SMILES string of the molecule is Cc1ccc(C#CCN)cc1NC(=O)c1ccc(=O)[nH]n1. The van der Waals surface area contributed by atoms with E-state index in [9.17, 15) is 9.59 Å². The smallest absolute Gasteiger partial charge is 0.276 e. The van der Waals surface area contributed by atoms with Gasteiger partial charge in [-0.15, -0.1) is 0 Å². The maximum Gasteiger partial charge on any atom is 0.276 e. The molecule has 1 amide bonds. The first kappa shape index (κ1) is 14.5. The number of anilines is 1. The minimum atomic E-state index is -0.404. The monoisotopic (exact) mass is 282 g/mol. The lowest BCUT2D eigenvalue weighted by Crippen LogP contribution is -2.18. The van der Waals surface area contributed by atoms with Crippen LogP contribution in [0.4, 0.5) is 5.69 Å². The Morgan fingerprint density at radius 1 is 1.38 bits per heavy atom. The van der Waals surface area contributed by atoms with Crippen molar-refractivity contribution in [2.75, 3.05) is 11.9 Å². The second kappa shape index (κ2) is 6.50. The Morgan fingerprint density at radius 3 is 2.86 bits per heavy atom. The number of benzene rings is 1. The van der Waals surface area contributed by atoms with Gasteiger partial charge in [0.05, 0.1) is 6.54 Å². The molecule has 0 aliphatic rings. The number of nitrogens with two attached hydrogens (primary N) is 1. The van der Waals surface area contributed by atoms with Gasteiger partial charge in [-0.05, 0) is 30.7 Å². The van der Waals surface area contributed by atoms with Gasteiger partial charge < -0.3 is 11.1 Å². The molecule has 0 aliphatic carbocycles. The summed E-state index contributed by atoms with van der Waals surface area (Å²) in [6, 6.07) is 8.09. The van der Waals surface area contributed by atoms with Crippen LogP contribution in [0.1, 0.15) is 21.6 Å². The van der Waals surface area contributed by atoms with Crippen LogP contribution in [-0.2, 0) is 0 Å². The average Bonchev–Trinajstić information content (AvgIpc) is 2.48. The number of hydrogen-bond donors (Lipinski definition) is 3. The summed E-state index contributed by atoms with van der Waals surface area (Å²) in [5, 5.41) is 8.64. The van der Waals surface area contributed by atoms with Gasteiger partial charge >= 0.3 is 0 Å². The Morgan fingerprint density at radius 2 is 2.19 bits per heavy atom. The average molecular weight is 282 g/mol. The van der Waals surface area contributed by atoms with E-state index in [4.69, 9.17) is 5.73 Å². The summed E-state index contributed by atoms with van der Waals surface area (Å²) in [4.78, 5) is 23.0. The second-order valence-corrected chi connectivity index (χ2v) is 4.30. The van der Waals surface area contributed by atoms with Crippen LogP contribution in [0.2, 0.25) is 0 Å². The Balaban J connectivity index is 2.24. The van der Waals surface area contributed by atoms with Gasteiger partial charge in [0, 0.05) is 17.3 Å². The molecule has 4 N–H and O–H groups in total. The Bertz CT molecular complexity index is 764. The maximum atomic E-state index is 12.1. The predicted molar refractivity (Wildman–Crippen MR) is 79.9 cm³/mol. The minimum Gasteiger partial charge on any atom is -0.320 e. The third-order valence-corrected chi connectivity index (χ3v) is 2.73. The molecule has 0 spiro atoms. The first-order chi connectivity index (χ1) is 10.1. The van der Waals surface area contributed by atoms with Crippen LogP contribution in [0.5, 0.6) is 0 Å². The Kier molecular flexibility index (Phi) is 4.49. The first-order valence-electron chi connectivity index (χ1n) is 6.27. The number of aryl methyl sites for hydroxylation is 1. The fourth-order valence-electron chi connectivity index (χ4n) is 1.64. The van der Waals surface area contributed by atoms with E-state index in [-0.39, 0.29) is 17.8 Å². The van der Waals surface area contributed by atoms with Crippen molar-refractivity contribution in [3.05, 3.63) is 57.5 Å². The van der Waals surface area contributed by atoms with Crippen molar-refractivity contribution in [3.8, 4) is 11.8 Å². The van der Waals surface area contributed by atoms with Crippen LogP contribution in [0, 0.1) is 18.8 Å². The molecular formula is C15H14N4O2. The van der Waals surface area contributed by atoms with Crippen LogP contribution in [0.3, 0.4) is 0 Å². The summed E-state index contributed by atoms with van der Waals surface area (Å²) in [5.41, 5.74) is 7.40. The zero-order valence-electron chi connectivity index (χ0n) is 11.4. The summed E-state index contributed by atoms with van der Waals surface area (Å²) < 4.78 is 0. The van der Waals surface area contributed by atoms with Crippen molar-refractivity contribution < 1.29 is 4.79 Å². The molecule has 2 rings (SSSR count). The van der Waals surface area contributed by atoms with Gasteiger partial charge in [-0.25, -0.2) is 5.10 Å². The molecule has 0 radical (unpaired) electrons. The number of carbonyl (C=O) groups excluding carboxylic acids is 1. The number of hydrogen-bond acceptors (Lipinski definition) is 4. The van der Waals surface area contributed by atoms with E-state index in [1.54, 1.807) is 6.07 Å². The fraction of sp³-hybridized carbons (Fsp3) is 0.133. The van der Waals surface area contributed by atoms with E-state index < -0.39 is 5.91 Å². The molecule has 1 aromatic carbocycles. The second-order valence-electron chi connectivity index (χ2n) is 4.30. The summed E-state index contributed by atoms with van der Waals surface area (Å²) in [7, 11) is 0. The van der Waals surface area contributed by atoms with E-state index >= 15 is 0 Å². The highest BCUT2D eigenvalue weighted by Gasteiger charge is 2.09. The number of nitrogens with zero attached hydrogens (tertiary/aromatic N) is 1. The van der Waals surface area contributed by atoms with Crippen molar-refractivity contribution >= 4 is 11.6 Å². The van der Waals surface area contributed by atoms with Gasteiger partial charge in [0.1, 0.15) is 5.69 Å². The van der Waals surface area contributed by atoms with E-state index in [2.05, 4.69) is 27.4 Å². The molecule has 6 heteroatoms. The van der Waals surface area contributed by atoms with Crippen LogP contribution in [0.25, 0.3) is 0 Å². The number of rotatable bonds is 2.